The van der Waals surface area contributed by atoms with Gasteiger partial charge in [-0.15, -0.1) is 0 Å². The van der Waals surface area contributed by atoms with Gasteiger partial charge in [0.05, 0.1) is 12.6 Å². The van der Waals surface area contributed by atoms with Crippen molar-refractivity contribution in [2.75, 3.05) is 19.6 Å². The molecular weight excluding hydrogens is 239 g/mol. The molecule has 54 valence electrons. The zero-order chi connectivity index (χ0) is 7.40. The molecule has 0 amide bonds. The van der Waals surface area contributed by atoms with Gasteiger partial charge in [0.15, 0.2) is 0 Å². The van der Waals surface area contributed by atoms with Gasteiger partial charge in [0.25, 0.3) is 0 Å². The first kappa shape index (κ1) is 8.02. The van der Waals surface area contributed by atoms with Crippen LogP contribution in [0, 0.1) is 11.3 Å². The Labute approximate surface area is 74.6 Å². The van der Waals surface area contributed by atoms with E-state index in [1.165, 1.54) is 3.58 Å². The number of hydrogen-bond acceptors (Lipinski definition) is 2. The maximum absolute atomic E-state index is 8.37. The second-order valence-corrected chi connectivity index (χ2v) is 3.68. The number of nitrogens with zero attached hydrogens (tertiary/aromatic N) is 2. The second kappa shape index (κ2) is 3.94. The molecule has 0 aromatic carbocycles. The van der Waals surface area contributed by atoms with Crippen molar-refractivity contribution in [3.8, 4) is 6.07 Å². The maximum Gasteiger partial charge on any atom is 0.0868 e. The van der Waals surface area contributed by atoms with E-state index in [-0.39, 0.29) is 0 Å². The average Bonchev–Trinajstić information content (AvgIpc) is 1.95. The zero-order valence-electron chi connectivity index (χ0n) is 5.68. The van der Waals surface area contributed by atoms with Gasteiger partial charge in [0, 0.05) is 13.1 Å². The summed E-state index contributed by atoms with van der Waals surface area (Å²) in [7, 11) is 0. The summed E-state index contributed by atoms with van der Waals surface area (Å²) < 4.78 is 1.42. The molecule has 0 aromatic rings. The minimum atomic E-state index is 0.570. The monoisotopic (exact) mass is 248 g/mol. The van der Waals surface area contributed by atoms with Crippen molar-refractivity contribution in [3.05, 3.63) is 9.66 Å². The van der Waals surface area contributed by atoms with Gasteiger partial charge in [-0.1, -0.05) is 6.08 Å². The Kier molecular flexibility index (Phi) is 3.16. The molecule has 0 aliphatic carbocycles. The van der Waals surface area contributed by atoms with Crippen molar-refractivity contribution in [3.63, 3.8) is 0 Å². The summed E-state index contributed by atoms with van der Waals surface area (Å²) in [5, 5.41) is 8.37. The topological polar surface area (TPSA) is 27.0 Å². The van der Waals surface area contributed by atoms with Gasteiger partial charge in [0.1, 0.15) is 0 Å². The predicted octanol–water partition coefficient (Wildman–Crippen LogP) is 1.53. The van der Waals surface area contributed by atoms with Crippen molar-refractivity contribution >= 4 is 22.6 Å². The lowest BCUT2D eigenvalue weighted by Gasteiger charge is -2.20. The van der Waals surface area contributed by atoms with E-state index in [1.54, 1.807) is 0 Å². The highest BCUT2D eigenvalue weighted by Gasteiger charge is 2.07. The van der Waals surface area contributed by atoms with Gasteiger partial charge >= 0.3 is 0 Å². The Balaban J connectivity index is 2.36. The highest BCUT2D eigenvalue weighted by Crippen LogP contribution is 2.15. The molecule has 0 saturated heterocycles. The number of nitriles is 1. The molecular formula is C7H9IN2. The van der Waals surface area contributed by atoms with Crippen LogP contribution in [0.2, 0.25) is 0 Å². The Bertz CT molecular complexity index is 181. The molecule has 0 radical (unpaired) electrons. The first-order valence-corrected chi connectivity index (χ1v) is 4.34. The summed E-state index contributed by atoms with van der Waals surface area (Å²) in [6, 6.07) is 2.15. The third kappa shape index (κ3) is 2.27. The molecule has 1 aliphatic rings. The quantitative estimate of drug-likeness (QED) is 0.519. The minimum Gasteiger partial charge on any atom is -0.286 e. The highest BCUT2D eigenvalue weighted by molar-refractivity contribution is 14.1. The highest BCUT2D eigenvalue weighted by atomic mass is 127. The summed E-state index contributed by atoms with van der Waals surface area (Å²) in [6.45, 7) is 2.56. The van der Waals surface area contributed by atoms with Crippen LogP contribution in [0.3, 0.4) is 0 Å². The molecule has 0 N–H and O–H groups in total. The van der Waals surface area contributed by atoms with Crippen molar-refractivity contribution in [2.45, 2.75) is 6.42 Å². The van der Waals surface area contributed by atoms with Crippen LogP contribution in [0.15, 0.2) is 9.66 Å². The van der Waals surface area contributed by atoms with Crippen LogP contribution in [0.5, 0.6) is 0 Å². The lowest BCUT2D eigenvalue weighted by atomic mass is 10.2. The summed E-state index contributed by atoms with van der Waals surface area (Å²) >= 11 is 2.35. The van der Waals surface area contributed by atoms with Crippen LogP contribution in [-0.4, -0.2) is 24.5 Å². The molecule has 1 rings (SSSR count). The molecule has 0 aromatic heterocycles. The SMILES string of the molecule is N#CCN1CC=C(I)CC1. The average molecular weight is 248 g/mol. The minimum absolute atomic E-state index is 0.570. The lowest BCUT2D eigenvalue weighted by molar-refractivity contribution is 0.334. The van der Waals surface area contributed by atoms with E-state index >= 15 is 0 Å². The third-order valence-electron chi connectivity index (χ3n) is 1.53. The summed E-state index contributed by atoms with van der Waals surface area (Å²) in [4.78, 5) is 2.14. The summed E-state index contributed by atoms with van der Waals surface area (Å²) in [5.74, 6) is 0. The summed E-state index contributed by atoms with van der Waals surface area (Å²) in [5.41, 5.74) is 0. The van der Waals surface area contributed by atoms with E-state index in [4.69, 9.17) is 5.26 Å². The molecule has 10 heavy (non-hydrogen) atoms. The van der Waals surface area contributed by atoms with Crippen molar-refractivity contribution < 1.29 is 0 Å². The molecule has 0 saturated carbocycles. The Morgan fingerprint density at radius 3 is 3.10 bits per heavy atom. The van der Waals surface area contributed by atoms with E-state index in [9.17, 15) is 0 Å². The Morgan fingerprint density at radius 2 is 2.60 bits per heavy atom. The van der Waals surface area contributed by atoms with Crippen LogP contribution >= 0.6 is 22.6 Å². The van der Waals surface area contributed by atoms with E-state index < -0.39 is 0 Å². The number of hydrogen-bond donors (Lipinski definition) is 0. The molecule has 3 heteroatoms. The van der Waals surface area contributed by atoms with E-state index in [0.717, 1.165) is 19.5 Å². The van der Waals surface area contributed by atoms with Crippen LogP contribution < -0.4 is 0 Å². The number of rotatable bonds is 1. The standard InChI is InChI=1S/C7H9IN2/c8-7-1-4-10(5-2-7)6-3-9/h1H,2,4-6H2. The van der Waals surface area contributed by atoms with Gasteiger partial charge in [-0.05, 0) is 32.6 Å². The van der Waals surface area contributed by atoms with Gasteiger partial charge in [0.2, 0.25) is 0 Å². The Hall–Kier alpha value is -0.0800. The van der Waals surface area contributed by atoms with Crippen LogP contribution in [-0.2, 0) is 0 Å². The number of halogens is 1. The molecule has 1 aliphatic heterocycles. The molecule has 2 nitrogen and oxygen atoms in total. The second-order valence-electron chi connectivity index (χ2n) is 2.29. The molecule has 0 fully saturated rings. The third-order valence-corrected chi connectivity index (χ3v) is 2.51. The molecule has 0 spiro atoms. The fourth-order valence-electron chi connectivity index (χ4n) is 0.930. The summed E-state index contributed by atoms with van der Waals surface area (Å²) in [6.07, 6.45) is 3.30. The maximum atomic E-state index is 8.37. The van der Waals surface area contributed by atoms with E-state index in [2.05, 4.69) is 39.6 Å². The molecule has 0 atom stereocenters. The van der Waals surface area contributed by atoms with Gasteiger partial charge in [-0.25, -0.2) is 0 Å². The first-order chi connectivity index (χ1) is 4.83. The molecule has 1 heterocycles. The normalized spacial score (nSPS) is 19.8. The van der Waals surface area contributed by atoms with Gasteiger partial charge in [-0.3, -0.25) is 4.90 Å². The van der Waals surface area contributed by atoms with Crippen molar-refractivity contribution in [1.29, 1.82) is 5.26 Å². The van der Waals surface area contributed by atoms with Gasteiger partial charge < -0.3 is 0 Å². The lowest BCUT2D eigenvalue weighted by Crippen LogP contribution is -2.28. The zero-order valence-corrected chi connectivity index (χ0v) is 7.84. The van der Waals surface area contributed by atoms with Crippen LogP contribution in [0.4, 0.5) is 0 Å². The van der Waals surface area contributed by atoms with Gasteiger partial charge in [-0.2, -0.15) is 5.26 Å². The van der Waals surface area contributed by atoms with E-state index in [0.29, 0.717) is 6.54 Å². The van der Waals surface area contributed by atoms with Crippen molar-refractivity contribution in [2.24, 2.45) is 0 Å². The fourth-order valence-corrected chi connectivity index (χ4v) is 1.37. The predicted molar refractivity (Wildman–Crippen MR) is 48.8 cm³/mol. The largest absolute Gasteiger partial charge is 0.286 e. The van der Waals surface area contributed by atoms with E-state index in [1.807, 2.05) is 0 Å². The molecule has 0 unspecified atom stereocenters. The first-order valence-electron chi connectivity index (χ1n) is 3.27. The smallest absolute Gasteiger partial charge is 0.0868 e. The van der Waals surface area contributed by atoms with Crippen LogP contribution in [0.1, 0.15) is 6.42 Å². The molecule has 0 bridgehead atoms. The fraction of sp³-hybridized carbons (Fsp3) is 0.571. The van der Waals surface area contributed by atoms with Crippen molar-refractivity contribution in [1.82, 2.24) is 4.90 Å². The Morgan fingerprint density at radius 1 is 1.80 bits per heavy atom. The van der Waals surface area contributed by atoms with Crippen LogP contribution in [0.25, 0.3) is 0 Å².